The van der Waals surface area contributed by atoms with E-state index in [1.807, 2.05) is 45.0 Å². The number of hydrogen-bond acceptors (Lipinski definition) is 5. The Balaban J connectivity index is 0.00000512. The average molecular weight is 561 g/mol. The van der Waals surface area contributed by atoms with Gasteiger partial charge in [0.2, 0.25) is 0 Å². The minimum atomic E-state index is -0.510. The number of nitrogens with one attached hydrogen (secondary N) is 4. The van der Waals surface area contributed by atoms with Crippen LogP contribution in [0.15, 0.2) is 29.3 Å². The molecule has 4 N–H and O–H groups in total. The number of ether oxygens (including phenoxy) is 2. The topological polar surface area (TPSA) is 113 Å². The number of halogens is 1. The number of rotatable bonds is 10. The first-order valence-electron chi connectivity index (χ1n) is 10.7. The second-order valence-electron chi connectivity index (χ2n) is 8.38. The highest BCUT2D eigenvalue weighted by Crippen LogP contribution is 2.18. The molecule has 1 fully saturated rings. The zero-order valence-corrected chi connectivity index (χ0v) is 21.7. The molecule has 0 atom stereocenters. The summed E-state index contributed by atoms with van der Waals surface area (Å²) in [6.45, 7) is 7.17. The highest BCUT2D eigenvalue weighted by Gasteiger charge is 2.23. The number of carbonyl (C=O) groups excluding carboxylic acids is 2. The van der Waals surface area contributed by atoms with Crippen LogP contribution in [0.25, 0.3) is 0 Å². The third kappa shape index (κ3) is 12.6. The quantitative estimate of drug-likeness (QED) is 0.151. The van der Waals surface area contributed by atoms with Crippen LogP contribution in [-0.2, 0) is 16.0 Å². The van der Waals surface area contributed by atoms with Crippen LogP contribution in [0.5, 0.6) is 5.75 Å². The number of amides is 2. The molecule has 0 unspecified atom stereocenters. The lowest BCUT2D eigenvalue weighted by atomic mass is 10.1. The van der Waals surface area contributed by atoms with Gasteiger partial charge in [-0.3, -0.25) is 9.79 Å². The maximum Gasteiger partial charge on any atom is 0.407 e. The summed E-state index contributed by atoms with van der Waals surface area (Å²) in [5, 5.41) is 12.0. The van der Waals surface area contributed by atoms with E-state index in [-0.39, 0.29) is 36.5 Å². The number of carbonyl (C=O) groups is 2. The smallest absolute Gasteiger partial charge is 0.407 e. The molecule has 180 valence electrons. The van der Waals surface area contributed by atoms with Gasteiger partial charge in [-0.25, -0.2) is 4.79 Å². The Morgan fingerprint density at radius 3 is 2.25 bits per heavy atom. The molecule has 1 aliphatic carbocycles. The normalized spacial score (nSPS) is 13.4. The fraction of sp³-hybridized carbons (Fsp3) is 0.591. The summed E-state index contributed by atoms with van der Waals surface area (Å²) in [7, 11) is 1.70. The molecule has 0 bridgehead atoms. The predicted octanol–water partition coefficient (Wildman–Crippen LogP) is 2.19. The Morgan fingerprint density at radius 1 is 1.03 bits per heavy atom. The van der Waals surface area contributed by atoms with E-state index in [9.17, 15) is 9.59 Å². The summed E-state index contributed by atoms with van der Waals surface area (Å²) in [6, 6.07) is 8.05. The molecule has 1 aromatic rings. The molecule has 0 radical (unpaired) electrons. The van der Waals surface area contributed by atoms with Crippen LogP contribution in [0.1, 0.15) is 39.2 Å². The third-order valence-corrected chi connectivity index (χ3v) is 4.25. The van der Waals surface area contributed by atoms with Crippen molar-refractivity contribution in [1.29, 1.82) is 0 Å². The Kier molecular flexibility index (Phi) is 12.2. The van der Waals surface area contributed by atoms with E-state index in [1.54, 1.807) is 7.05 Å². The van der Waals surface area contributed by atoms with Gasteiger partial charge in [0.1, 0.15) is 11.4 Å². The van der Waals surface area contributed by atoms with Gasteiger partial charge in [-0.1, -0.05) is 12.1 Å². The highest BCUT2D eigenvalue weighted by molar-refractivity contribution is 14.0. The van der Waals surface area contributed by atoms with Crippen LogP contribution in [0.2, 0.25) is 0 Å². The molecule has 10 heteroatoms. The molecule has 0 heterocycles. The van der Waals surface area contributed by atoms with Gasteiger partial charge in [0.15, 0.2) is 12.6 Å². The summed E-state index contributed by atoms with van der Waals surface area (Å²) in [5.41, 5.74) is 0.633. The number of alkyl carbamates (subject to hydrolysis) is 1. The van der Waals surface area contributed by atoms with Crippen LogP contribution in [0, 0.1) is 0 Å². The van der Waals surface area contributed by atoms with Crippen molar-refractivity contribution in [1.82, 2.24) is 21.3 Å². The van der Waals surface area contributed by atoms with E-state index in [0.717, 1.165) is 24.8 Å². The third-order valence-electron chi connectivity index (χ3n) is 4.25. The molecule has 0 spiro atoms. The van der Waals surface area contributed by atoms with Crippen LogP contribution in [0.4, 0.5) is 4.79 Å². The lowest BCUT2D eigenvalue weighted by Gasteiger charge is -2.19. The summed E-state index contributed by atoms with van der Waals surface area (Å²) >= 11 is 0. The maximum atomic E-state index is 11.7. The van der Waals surface area contributed by atoms with E-state index in [0.29, 0.717) is 37.4 Å². The van der Waals surface area contributed by atoms with Gasteiger partial charge in [0.25, 0.3) is 5.91 Å². The number of benzene rings is 1. The maximum absolute atomic E-state index is 11.7. The van der Waals surface area contributed by atoms with E-state index in [2.05, 4.69) is 26.3 Å². The molecule has 2 rings (SSSR count). The van der Waals surface area contributed by atoms with Gasteiger partial charge in [0, 0.05) is 32.7 Å². The van der Waals surface area contributed by atoms with Gasteiger partial charge in [-0.2, -0.15) is 0 Å². The van der Waals surface area contributed by atoms with Gasteiger partial charge in [0.05, 0.1) is 0 Å². The van der Waals surface area contributed by atoms with E-state index in [1.165, 1.54) is 0 Å². The molecular weight excluding hydrogens is 525 g/mol. The first kappa shape index (κ1) is 27.8. The Labute approximate surface area is 207 Å². The first-order chi connectivity index (χ1) is 14.7. The van der Waals surface area contributed by atoms with Gasteiger partial charge < -0.3 is 30.7 Å². The van der Waals surface area contributed by atoms with Crippen LogP contribution < -0.4 is 26.0 Å². The zero-order valence-electron chi connectivity index (χ0n) is 19.3. The Morgan fingerprint density at radius 2 is 1.66 bits per heavy atom. The van der Waals surface area contributed by atoms with Crippen molar-refractivity contribution in [2.45, 2.75) is 51.7 Å². The van der Waals surface area contributed by atoms with Gasteiger partial charge in [-0.15, -0.1) is 24.0 Å². The minimum Gasteiger partial charge on any atom is -0.484 e. The summed E-state index contributed by atoms with van der Waals surface area (Å²) < 4.78 is 10.7. The van der Waals surface area contributed by atoms with Crippen molar-refractivity contribution in [3.63, 3.8) is 0 Å². The monoisotopic (exact) mass is 561 g/mol. The molecule has 0 aliphatic heterocycles. The largest absolute Gasteiger partial charge is 0.484 e. The van der Waals surface area contributed by atoms with E-state index >= 15 is 0 Å². The minimum absolute atomic E-state index is 0. The summed E-state index contributed by atoms with van der Waals surface area (Å²) in [4.78, 5) is 27.4. The van der Waals surface area contributed by atoms with Gasteiger partial charge >= 0.3 is 6.09 Å². The molecule has 1 saturated carbocycles. The van der Waals surface area contributed by atoms with Crippen molar-refractivity contribution in [3.05, 3.63) is 29.8 Å². The predicted molar refractivity (Wildman–Crippen MR) is 136 cm³/mol. The molecule has 9 nitrogen and oxygen atoms in total. The molecule has 0 aromatic heterocycles. The van der Waals surface area contributed by atoms with Crippen LogP contribution >= 0.6 is 24.0 Å². The molecule has 0 saturated heterocycles. The van der Waals surface area contributed by atoms with E-state index in [4.69, 9.17) is 9.47 Å². The Hall–Kier alpha value is -2.24. The molecular formula is C22H36IN5O4. The molecule has 2 amide bonds. The van der Waals surface area contributed by atoms with Gasteiger partial charge in [-0.05, 0) is 57.7 Å². The fourth-order valence-electron chi connectivity index (χ4n) is 2.60. The van der Waals surface area contributed by atoms with Crippen LogP contribution in [0.3, 0.4) is 0 Å². The van der Waals surface area contributed by atoms with E-state index < -0.39 is 11.7 Å². The zero-order chi connectivity index (χ0) is 22.7. The lowest BCUT2D eigenvalue weighted by molar-refractivity contribution is -0.123. The number of guanidine groups is 1. The number of aliphatic imine (C=N–C) groups is 1. The lowest BCUT2D eigenvalue weighted by Crippen LogP contribution is -2.42. The highest BCUT2D eigenvalue weighted by atomic mass is 127. The van der Waals surface area contributed by atoms with Crippen molar-refractivity contribution >= 4 is 41.9 Å². The summed E-state index contributed by atoms with van der Waals surface area (Å²) in [6.07, 6.45) is 2.50. The van der Waals surface area contributed by atoms with Crippen molar-refractivity contribution in [2.24, 2.45) is 4.99 Å². The van der Waals surface area contributed by atoms with Crippen molar-refractivity contribution in [3.8, 4) is 5.75 Å². The van der Waals surface area contributed by atoms with Crippen molar-refractivity contribution in [2.75, 3.05) is 33.3 Å². The second kappa shape index (κ2) is 14.0. The fourth-order valence-corrected chi connectivity index (χ4v) is 2.60. The molecule has 1 aromatic carbocycles. The second-order valence-corrected chi connectivity index (χ2v) is 8.38. The Bertz CT molecular complexity index is 746. The summed E-state index contributed by atoms with van der Waals surface area (Å²) in [5.74, 6) is 1.26. The number of hydrogen-bond donors (Lipinski definition) is 4. The molecule has 32 heavy (non-hydrogen) atoms. The standard InChI is InChI=1S/C22H35N5O4.HI/c1-22(2,3)31-21(29)26-14-13-25-20(23-4)24-12-11-16-5-9-18(10-6-16)30-15-19(28)27-17-7-8-17;/h5-6,9-10,17H,7-8,11-15H2,1-4H3,(H,26,29)(H,27,28)(H2,23,24,25);1H. The van der Waals surface area contributed by atoms with Crippen LogP contribution in [-0.4, -0.2) is 62.9 Å². The molecule has 1 aliphatic rings. The average Bonchev–Trinajstić information content (AvgIpc) is 3.51. The van der Waals surface area contributed by atoms with Crippen molar-refractivity contribution < 1.29 is 19.1 Å². The first-order valence-corrected chi connectivity index (χ1v) is 10.7. The SMILES string of the molecule is CN=C(NCCNC(=O)OC(C)(C)C)NCCc1ccc(OCC(=O)NC2CC2)cc1.I. The number of nitrogens with zero attached hydrogens (tertiary/aromatic N) is 1.